The smallest absolute Gasteiger partial charge is 0.203 e. The van der Waals surface area contributed by atoms with Crippen molar-refractivity contribution in [1.29, 1.82) is 0 Å². The molecule has 0 unspecified atom stereocenters. The van der Waals surface area contributed by atoms with Gasteiger partial charge in [-0.2, -0.15) is 5.10 Å². The molecule has 2 heterocycles. The predicted molar refractivity (Wildman–Crippen MR) is 82.8 cm³/mol. The van der Waals surface area contributed by atoms with E-state index in [0.29, 0.717) is 17.2 Å². The highest BCUT2D eigenvalue weighted by molar-refractivity contribution is 5.71. The number of methoxy groups -OCH3 is 3. The van der Waals surface area contributed by atoms with Crippen LogP contribution in [0, 0.1) is 6.92 Å². The van der Waals surface area contributed by atoms with Crippen molar-refractivity contribution in [3.8, 4) is 28.4 Å². The molecule has 0 aliphatic heterocycles. The fourth-order valence-electron chi connectivity index (χ4n) is 2.41. The van der Waals surface area contributed by atoms with Crippen LogP contribution in [0.2, 0.25) is 0 Å². The van der Waals surface area contributed by atoms with Crippen LogP contribution in [0.15, 0.2) is 30.5 Å². The number of aryl methyl sites for hydroxylation is 1. The van der Waals surface area contributed by atoms with Gasteiger partial charge in [0, 0.05) is 11.8 Å². The zero-order chi connectivity index (χ0) is 15.7. The molecule has 0 aliphatic carbocycles. The summed E-state index contributed by atoms with van der Waals surface area (Å²) in [6, 6.07) is 7.74. The molecule has 114 valence electrons. The Balaban J connectivity index is 2.16. The summed E-state index contributed by atoms with van der Waals surface area (Å²) in [5, 5.41) is 4.34. The van der Waals surface area contributed by atoms with Gasteiger partial charge in [-0.1, -0.05) is 0 Å². The van der Waals surface area contributed by atoms with Gasteiger partial charge in [-0.15, -0.1) is 0 Å². The molecule has 0 fully saturated rings. The molecule has 6 nitrogen and oxygen atoms in total. The lowest BCUT2D eigenvalue weighted by atomic mass is 10.1. The third kappa shape index (κ3) is 2.32. The highest BCUT2D eigenvalue weighted by Crippen LogP contribution is 2.41. The Labute approximate surface area is 128 Å². The number of hydrogen-bond acceptors (Lipinski definition) is 5. The molecule has 0 spiro atoms. The Morgan fingerprint density at radius 1 is 0.909 bits per heavy atom. The highest BCUT2D eigenvalue weighted by Gasteiger charge is 2.14. The molecule has 0 saturated heterocycles. The van der Waals surface area contributed by atoms with Gasteiger partial charge in [0.2, 0.25) is 5.75 Å². The first-order valence-electron chi connectivity index (χ1n) is 6.79. The second-order valence-electron chi connectivity index (χ2n) is 4.79. The lowest BCUT2D eigenvalue weighted by molar-refractivity contribution is 0.324. The van der Waals surface area contributed by atoms with Crippen LogP contribution in [0.3, 0.4) is 0 Å². The van der Waals surface area contributed by atoms with E-state index in [0.717, 1.165) is 22.6 Å². The number of aromatic nitrogens is 3. The largest absolute Gasteiger partial charge is 0.493 e. The van der Waals surface area contributed by atoms with Gasteiger partial charge in [0.15, 0.2) is 17.1 Å². The normalized spacial score (nSPS) is 10.7. The molecular weight excluding hydrogens is 282 g/mol. The Kier molecular flexibility index (Phi) is 3.58. The van der Waals surface area contributed by atoms with Crippen LogP contribution in [-0.2, 0) is 0 Å². The van der Waals surface area contributed by atoms with Gasteiger partial charge < -0.3 is 14.2 Å². The van der Waals surface area contributed by atoms with E-state index in [4.69, 9.17) is 14.2 Å². The SMILES string of the molecule is COc1cc(-c2ccc3nc(C)nn3c2)cc(OC)c1OC. The summed E-state index contributed by atoms with van der Waals surface area (Å²) in [6.07, 6.45) is 1.93. The minimum absolute atomic E-state index is 0.575. The van der Waals surface area contributed by atoms with Gasteiger partial charge >= 0.3 is 0 Å². The van der Waals surface area contributed by atoms with Crippen LogP contribution < -0.4 is 14.2 Å². The van der Waals surface area contributed by atoms with E-state index in [9.17, 15) is 0 Å². The van der Waals surface area contributed by atoms with Crippen LogP contribution in [0.5, 0.6) is 17.2 Å². The van der Waals surface area contributed by atoms with E-state index in [2.05, 4.69) is 10.1 Å². The maximum Gasteiger partial charge on any atom is 0.203 e. The Bertz CT molecular complexity index is 802. The lowest BCUT2D eigenvalue weighted by Crippen LogP contribution is -1.96. The fourth-order valence-corrected chi connectivity index (χ4v) is 2.41. The van der Waals surface area contributed by atoms with Crippen LogP contribution in [0.25, 0.3) is 16.8 Å². The van der Waals surface area contributed by atoms with Crippen LogP contribution >= 0.6 is 0 Å². The average Bonchev–Trinajstić information content (AvgIpc) is 2.92. The van der Waals surface area contributed by atoms with E-state index in [1.807, 2.05) is 37.4 Å². The maximum absolute atomic E-state index is 5.39. The van der Waals surface area contributed by atoms with Gasteiger partial charge in [-0.25, -0.2) is 9.50 Å². The fraction of sp³-hybridized carbons (Fsp3) is 0.250. The van der Waals surface area contributed by atoms with E-state index in [1.54, 1.807) is 25.8 Å². The number of fused-ring (bicyclic) bond motifs is 1. The molecular formula is C16H17N3O3. The van der Waals surface area contributed by atoms with E-state index < -0.39 is 0 Å². The van der Waals surface area contributed by atoms with Gasteiger partial charge in [-0.05, 0) is 36.8 Å². The number of pyridine rings is 1. The second kappa shape index (κ2) is 5.55. The summed E-state index contributed by atoms with van der Waals surface area (Å²) in [6.45, 7) is 1.87. The monoisotopic (exact) mass is 299 g/mol. The predicted octanol–water partition coefficient (Wildman–Crippen LogP) is 2.73. The lowest BCUT2D eigenvalue weighted by Gasteiger charge is -2.14. The number of rotatable bonds is 4. The molecule has 2 aromatic heterocycles. The average molecular weight is 299 g/mol. The van der Waals surface area contributed by atoms with Crippen molar-refractivity contribution in [3.63, 3.8) is 0 Å². The van der Waals surface area contributed by atoms with Crippen molar-refractivity contribution in [1.82, 2.24) is 14.6 Å². The van der Waals surface area contributed by atoms with Gasteiger partial charge in [0.1, 0.15) is 5.82 Å². The zero-order valence-electron chi connectivity index (χ0n) is 13.0. The molecule has 0 radical (unpaired) electrons. The summed E-state index contributed by atoms with van der Waals surface area (Å²) in [7, 11) is 4.79. The Morgan fingerprint density at radius 2 is 1.59 bits per heavy atom. The quantitative estimate of drug-likeness (QED) is 0.741. The minimum atomic E-state index is 0.575. The van der Waals surface area contributed by atoms with Gasteiger partial charge in [-0.3, -0.25) is 0 Å². The molecule has 0 saturated carbocycles. The molecule has 0 atom stereocenters. The number of hydrogen-bond donors (Lipinski definition) is 0. The van der Waals surface area contributed by atoms with Crippen LogP contribution in [-0.4, -0.2) is 35.9 Å². The number of ether oxygens (including phenoxy) is 3. The third-order valence-electron chi connectivity index (χ3n) is 3.43. The molecule has 22 heavy (non-hydrogen) atoms. The summed E-state index contributed by atoms with van der Waals surface area (Å²) < 4.78 is 17.9. The molecule has 6 heteroatoms. The first-order valence-corrected chi connectivity index (χ1v) is 6.79. The first-order chi connectivity index (χ1) is 10.7. The highest BCUT2D eigenvalue weighted by atomic mass is 16.5. The molecule has 0 aliphatic rings. The van der Waals surface area contributed by atoms with E-state index in [-0.39, 0.29) is 0 Å². The topological polar surface area (TPSA) is 57.9 Å². The number of nitrogens with zero attached hydrogens (tertiary/aromatic N) is 3. The van der Waals surface area contributed by atoms with Gasteiger partial charge in [0.25, 0.3) is 0 Å². The van der Waals surface area contributed by atoms with Crippen molar-refractivity contribution >= 4 is 5.65 Å². The Morgan fingerprint density at radius 3 is 2.18 bits per heavy atom. The Hall–Kier alpha value is -2.76. The molecule has 0 amide bonds. The summed E-state index contributed by atoms with van der Waals surface area (Å²) in [5.74, 6) is 2.55. The first kappa shape index (κ1) is 14.2. The van der Waals surface area contributed by atoms with Crippen LogP contribution in [0.1, 0.15) is 5.82 Å². The summed E-state index contributed by atoms with van der Waals surface area (Å²) in [5.41, 5.74) is 2.75. The number of benzene rings is 1. The molecule has 3 rings (SSSR count). The molecule has 0 N–H and O–H groups in total. The van der Waals surface area contributed by atoms with E-state index >= 15 is 0 Å². The second-order valence-corrected chi connectivity index (χ2v) is 4.79. The van der Waals surface area contributed by atoms with E-state index in [1.165, 1.54) is 0 Å². The van der Waals surface area contributed by atoms with Crippen molar-refractivity contribution in [2.24, 2.45) is 0 Å². The third-order valence-corrected chi connectivity index (χ3v) is 3.43. The van der Waals surface area contributed by atoms with Crippen molar-refractivity contribution in [2.75, 3.05) is 21.3 Å². The van der Waals surface area contributed by atoms with Gasteiger partial charge in [0.05, 0.1) is 21.3 Å². The van der Waals surface area contributed by atoms with Crippen molar-refractivity contribution in [3.05, 3.63) is 36.3 Å². The van der Waals surface area contributed by atoms with Crippen molar-refractivity contribution in [2.45, 2.75) is 6.92 Å². The molecule has 3 aromatic rings. The molecule has 0 bridgehead atoms. The minimum Gasteiger partial charge on any atom is -0.493 e. The molecule has 1 aromatic carbocycles. The van der Waals surface area contributed by atoms with Crippen LogP contribution in [0.4, 0.5) is 0 Å². The van der Waals surface area contributed by atoms with Crippen molar-refractivity contribution < 1.29 is 14.2 Å². The zero-order valence-corrected chi connectivity index (χ0v) is 13.0. The maximum atomic E-state index is 5.39. The summed E-state index contributed by atoms with van der Waals surface area (Å²) in [4.78, 5) is 4.33. The standard InChI is InChI=1S/C16H17N3O3/c1-10-17-15-6-5-11(9-19(15)18-10)12-7-13(20-2)16(22-4)14(8-12)21-3/h5-9H,1-4H3. The summed E-state index contributed by atoms with van der Waals surface area (Å²) >= 11 is 0.